The van der Waals surface area contributed by atoms with Crippen LogP contribution in [-0.2, 0) is 4.57 Å². The minimum Gasteiger partial charge on any atom is -0.793 e. The van der Waals surface area contributed by atoms with Gasteiger partial charge in [0.15, 0.2) is 0 Å². The van der Waals surface area contributed by atoms with E-state index in [1.165, 1.54) is 0 Å². The summed E-state index contributed by atoms with van der Waals surface area (Å²) in [6, 6.07) is 16.9. The Morgan fingerprint density at radius 1 is 0.750 bits per heavy atom. The molecule has 0 amide bonds. The van der Waals surface area contributed by atoms with E-state index in [4.69, 9.17) is 0 Å². The van der Waals surface area contributed by atoms with Crippen molar-refractivity contribution in [3.63, 3.8) is 0 Å². The molecule has 0 N–H and O–H groups in total. The Hall–Kier alpha value is 0.266. The molecule has 0 aromatic heterocycles. The second kappa shape index (κ2) is 6.27. The van der Waals surface area contributed by atoms with E-state index in [2.05, 4.69) is 0 Å². The van der Waals surface area contributed by atoms with Gasteiger partial charge in [0.1, 0.15) is 0 Å². The predicted octanol–water partition coefficient (Wildman–Crippen LogP) is -1.72. The molecule has 0 spiro atoms. The standard InChI is InChI=1S/C12H11O2P.K/c13-15(14,11-7-3-1-4-8-11)12-9-5-2-6-10-12;/h1-10H,(H,13,14);/q;+1/p-1. The van der Waals surface area contributed by atoms with E-state index in [0.29, 0.717) is 10.6 Å². The third-order valence-corrected chi connectivity index (χ3v) is 4.15. The van der Waals surface area contributed by atoms with Gasteiger partial charge in [-0.25, -0.2) is 0 Å². The van der Waals surface area contributed by atoms with Gasteiger partial charge < -0.3 is 9.46 Å². The molecule has 0 saturated heterocycles. The van der Waals surface area contributed by atoms with Gasteiger partial charge in [-0.2, -0.15) is 0 Å². The van der Waals surface area contributed by atoms with Gasteiger partial charge in [0.2, 0.25) is 0 Å². The van der Waals surface area contributed by atoms with E-state index < -0.39 is 7.37 Å². The summed E-state index contributed by atoms with van der Waals surface area (Å²) >= 11 is 0. The number of hydrogen-bond donors (Lipinski definition) is 0. The Kier molecular flexibility index (Phi) is 5.61. The van der Waals surface area contributed by atoms with Crippen LogP contribution in [0.3, 0.4) is 0 Å². The molecule has 16 heavy (non-hydrogen) atoms. The van der Waals surface area contributed by atoms with Gasteiger partial charge in [0, 0.05) is 10.6 Å². The van der Waals surface area contributed by atoms with Gasteiger partial charge in [-0.1, -0.05) is 60.7 Å². The maximum atomic E-state index is 12.1. The average Bonchev–Trinajstić information content (AvgIpc) is 2.31. The zero-order valence-electron chi connectivity index (χ0n) is 9.04. The van der Waals surface area contributed by atoms with Crippen LogP contribution < -0.4 is 66.9 Å². The largest absolute Gasteiger partial charge is 1.00 e. The summed E-state index contributed by atoms with van der Waals surface area (Å²) in [4.78, 5) is 12.1. The smallest absolute Gasteiger partial charge is 0.793 e. The fourth-order valence-corrected chi connectivity index (χ4v) is 2.82. The minimum atomic E-state index is -3.65. The van der Waals surface area contributed by atoms with Gasteiger partial charge in [-0.05, 0) is 0 Å². The van der Waals surface area contributed by atoms with Crippen molar-refractivity contribution in [3.8, 4) is 0 Å². The summed E-state index contributed by atoms with van der Waals surface area (Å²) < 4.78 is 12.1. The third-order valence-electron chi connectivity index (χ3n) is 2.19. The van der Waals surface area contributed by atoms with Crippen molar-refractivity contribution in [2.45, 2.75) is 0 Å². The summed E-state index contributed by atoms with van der Waals surface area (Å²) in [5.74, 6) is 0. The van der Waals surface area contributed by atoms with Gasteiger partial charge >= 0.3 is 51.4 Å². The van der Waals surface area contributed by atoms with Crippen LogP contribution in [-0.4, -0.2) is 0 Å². The minimum absolute atomic E-state index is 0. The molecule has 2 nitrogen and oxygen atoms in total. The number of rotatable bonds is 2. The fourth-order valence-electron chi connectivity index (χ4n) is 1.40. The second-order valence-electron chi connectivity index (χ2n) is 3.22. The van der Waals surface area contributed by atoms with E-state index in [0.717, 1.165) is 0 Å². The van der Waals surface area contributed by atoms with Gasteiger partial charge in [0.05, 0.1) is 7.37 Å². The number of benzene rings is 2. The molecule has 0 radical (unpaired) electrons. The molecular weight excluding hydrogens is 246 g/mol. The van der Waals surface area contributed by atoms with E-state index in [-0.39, 0.29) is 51.4 Å². The van der Waals surface area contributed by atoms with Crippen molar-refractivity contribution in [3.05, 3.63) is 60.7 Å². The average molecular weight is 256 g/mol. The Labute approximate surface area is 138 Å². The Balaban J connectivity index is 0.00000128. The Morgan fingerprint density at radius 2 is 1.06 bits per heavy atom. The maximum absolute atomic E-state index is 12.1. The first-order valence-corrected chi connectivity index (χ1v) is 6.26. The van der Waals surface area contributed by atoms with Crippen LogP contribution >= 0.6 is 7.37 Å². The topological polar surface area (TPSA) is 40.1 Å². The first-order valence-electron chi connectivity index (χ1n) is 4.63. The van der Waals surface area contributed by atoms with E-state index in [1.807, 2.05) is 0 Å². The monoisotopic (exact) mass is 256 g/mol. The van der Waals surface area contributed by atoms with Crippen molar-refractivity contribution < 1.29 is 60.8 Å². The number of hydrogen-bond acceptors (Lipinski definition) is 2. The normalized spacial score (nSPS) is 10.6. The molecule has 0 bridgehead atoms. The first kappa shape index (κ1) is 14.3. The molecule has 0 unspecified atom stereocenters. The molecule has 2 aromatic rings. The van der Waals surface area contributed by atoms with Gasteiger partial charge in [0.25, 0.3) is 0 Å². The van der Waals surface area contributed by atoms with E-state index >= 15 is 0 Å². The quantitative estimate of drug-likeness (QED) is 0.474. The molecule has 4 heteroatoms. The maximum Gasteiger partial charge on any atom is 1.00 e. The molecule has 2 rings (SSSR count). The van der Waals surface area contributed by atoms with Crippen molar-refractivity contribution in [2.75, 3.05) is 0 Å². The molecular formula is C12H10KO2P. The predicted molar refractivity (Wildman–Crippen MR) is 59.8 cm³/mol. The van der Waals surface area contributed by atoms with Crippen LogP contribution in [0.5, 0.6) is 0 Å². The first-order chi connectivity index (χ1) is 7.21. The van der Waals surface area contributed by atoms with Crippen LogP contribution in [0.25, 0.3) is 0 Å². The van der Waals surface area contributed by atoms with Crippen LogP contribution in [0.1, 0.15) is 0 Å². The van der Waals surface area contributed by atoms with Crippen LogP contribution in [0.15, 0.2) is 60.7 Å². The Morgan fingerprint density at radius 3 is 1.38 bits per heavy atom. The summed E-state index contributed by atoms with van der Waals surface area (Å²) in [6.45, 7) is 0. The zero-order valence-corrected chi connectivity index (χ0v) is 13.1. The second-order valence-corrected chi connectivity index (χ2v) is 5.36. The molecule has 0 fully saturated rings. The Bertz CT molecular complexity index is 441. The molecule has 76 valence electrons. The molecule has 2 aromatic carbocycles. The zero-order chi connectivity index (χ0) is 10.7. The molecule has 0 aliphatic carbocycles. The van der Waals surface area contributed by atoms with Crippen LogP contribution in [0.2, 0.25) is 0 Å². The van der Waals surface area contributed by atoms with E-state index in [1.54, 1.807) is 60.7 Å². The molecule has 0 heterocycles. The summed E-state index contributed by atoms with van der Waals surface area (Å²) in [5, 5.41) is 0.715. The van der Waals surface area contributed by atoms with Gasteiger partial charge in [-0.3, -0.25) is 0 Å². The SMILES string of the molecule is O=P([O-])(c1ccccc1)c1ccccc1.[K+]. The third kappa shape index (κ3) is 3.14. The van der Waals surface area contributed by atoms with Crippen molar-refractivity contribution in [1.29, 1.82) is 0 Å². The van der Waals surface area contributed by atoms with Crippen LogP contribution in [0, 0.1) is 0 Å². The van der Waals surface area contributed by atoms with Crippen molar-refractivity contribution in [1.82, 2.24) is 0 Å². The summed E-state index contributed by atoms with van der Waals surface area (Å²) in [5.41, 5.74) is 0. The molecule has 0 aliphatic rings. The molecule has 0 aliphatic heterocycles. The van der Waals surface area contributed by atoms with Gasteiger partial charge in [-0.15, -0.1) is 0 Å². The molecule has 0 saturated carbocycles. The fraction of sp³-hybridized carbons (Fsp3) is 0. The summed E-state index contributed by atoms with van der Waals surface area (Å²) in [7, 11) is -3.65. The van der Waals surface area contributed by atoms with Crippen LogP contribution in [0.4, 0.5) is 0 Å². The van der Waals surface area contributed by atoms with Crippen molar-refractivity contribution in [2.24, 2.45) is 0 Å². The van der Waals surface area contributed by atoms with E-state index in [9.17, 15) is 9.46 Å². The van der Waals surface area contributed by atoms with Crippen molar-refractivity contribution >= 4 is 18.0 Å². The summed E-state index contributed by atoms with van der Waals surface area (Å²) in [6.07, 6.45) is 0. The molecule has 0 atom stereocenters.